The Morgan fingerprint density at radius 3 is 3.07 bits per heavy atom. The Morgan fingerprint density at radius 1 is 1.64 bits per heavy atom. The minimum Gasteiger partial charge on any atom is -0.309 e. The monoisotopic (exact) mass is 211 g/mol. The standard InChI is InChI=1S/C10H17N3S/c1-2-11-9(6-5-8-3-4-8)10-7-12-14-13-10/h7-9,11H,2-6H2,1H3. The van der Waals surface area contributed by atoms with E-state index < -0.39 is 0 Å². The Bertz CT molecular complexity index is 256. The molecule has 0 amide bonds. The van der Waals surface area contributed by atoms with Crippen LogP contribution in [0.5, 0.6) is 0 Å². The maximum absolute atomic E-state index is 4.30. The van der Waals surface area contributed by atoms with Crippen LogP contribution in [0.3, 0.4) is 0 Å². The van der Waals surface area contributed by atoms with Gasteiger partial charge in [-0.2, -0.15) is 8.75 Å². The fourth-order valence-electron chi connectivity index (χ4n) is 1.74. The Hall–Kier alpha value is -0.480. The predicted molar refractivity (Wildman–Crippen MR) is 58.3 cm³/mol. The summed E-state index contributed by atoms with van der Waals surface area (Å²) in [5.74, 6) is 1.00. The summed E-state index contributed by atoms with van der Waals surface area (Å²) in [5, 5.41) is 3.47. The van der Waals surface area contributed by atoms with Gasteiger partial charge in [-0.05, 0) is 25.3 Å². The predicted octanol–water partition coefficient (Wildman–Crippen LogP) is 2.38. The molecule has 0 spiro atoms. The second-order valence-corrected chi connectivity index (χ2v) is 4.52. The molecule has 0 bridgehead atoms. The van der Waals surface area contributed by atoms with E-state index in [1.165, 1.54) is 37.4 Å². The first kappa shape index (κ1) is 10.1. The lowest BCUT2D eigenvalue weighted by Crippen LogP contribution is -2.21. The van der Waals surface area contributed by atoms with E-state index in [0.717, 1.165) is 18.2 Å². The molecule has 1 heterocycles. The normalized spacial score (nSPS) is 18.4. The van der Waals surface area contributed by atoms with Crippen molar-refractivity contribution in [2.45, 2.75) is 38.6 Å². The molecule has 1 aliphatic rings. The molecule has 0 aromatic carbocycles. The van der Waals surface area contributed by atoms with E-state index in [1.54, 1.807) is 0 Å². The van der Waals surface area contributed by atoms with Gasteiger partial charge in [-0.15, -0.1) is 0 Å². The molecule has 78 valence electrons. The first-order valence-corrected chi connectivity index (χ1v) is 6.14. The first-order valence-electron chi connectivity index (χ1n) is 5.41. The average molecular weight is 211 g/mol. The molecule has 1 saturated carbocycles. The van der Waals surface area contributed by atoms with Crippen LogP contribution in [0.25, 0.3) is 0 Å². The molecule has 1 N–H and O–H groups in total. The molecule has 1 atom stereocenters. The van der Waals surface area contributed by atoms with Crippen LogP contribution in [0.4, 0.5) is 0 Å². The van der Waals surface area contributed by atoms with E-state index in [4.69, 9.17) is 0 Å². The van der Waals surface area contributed by atoms with Crippen molar-refractivity contribution in [3.8, 4) is 0 Å². The summed E-state index contributed by atoms with van der Waals surface area (Å²) in [6.45, 7) is 3.15. The van der Waals surface area contributed by atoms with Gasteiger partial charge in [0.15, 0.2) is 0 Å². The quantitative estimate of drug-likeness (QED) is 0.785. The van der Waals surface area contributed by atoms with Crippen molar-refractivity contribution >= 4 is 11.7 Å². The summed E-state index contributed by atoms with van der Waals surface area (Å²) in [4.78, 5) is 0. The van der Waals surface area contributed by atoms with Gasteiger partial charge >= 0.3 is 0 Å². The van der Waals surface area contributed by atoms with Crippen molar-refractivity contribution in [3.63, 3.8) is 0 Å². The van der Waals surface area contributed by atoms with Crippen molar-refractivity contribution in [1.29, 1.82) is 0 Å². The lowest BCUT2D eigenvalue weighted by atomic mass is 10.1. The molecule has 0 aliphatic heterocycles. The largest absolute Gasteiger partial charge is 0.309 e. The maximum atomic E-state index is 4.30. The second kappa shape index (κ2) is 4.84. The smallest absolute Gasteiger partial charge is 0.0912 e. The van der Waals surface area contributed by atoms with E-state index in [2.05, 4.69) is 21.0 Å². The Balaban J connectivity index is 1.85. The summed E-state index contributed by atoms with van der Waals surface area (Å²) in [6, 6.07) is 0.430. The van der Waals surface area contributed by atoms with Crippen molar-refractivity contribution in [3.05, 3.63) is 11.9 Å². The van der Waals surface area contributed by atoms with Crippen molar-refractivity contribution in [2.24, 2.45) is 5.92 Å². The highest BCUT2D eigenvalue weighted by Gasteiger charge is 2.23. The summed E-state index contributed by atoms with van der Waals surface area (Å²) >= 11 is 1.30. The number of rotatable bonds is 6. The lowest BCUT2D eigenvalue weighted by molar-refractivity contribution is 0.475. The summed E-state index contributed by atoms with van der Waals surface area (Å²) in [5.41, 5.74) is 1.12. The van der Waals surface area contributed by atoms with Gasteiger partial charge < -0.3 is 5.32 Å². The van der Waals surface area contributed by atoms with Gasteiger partial charge in [0.2, 0.25) is 0 Å². The maximum Gasteiger partial charge on any atom is 0.0912 e. The van der Waals surface area contributed by atoms with E-state index >= 15 is 0 Å². The summed E-state index contributed by atoms with van der Waals surface area (Å²) in [7, 11) is 0. The molecule has 0 radical (unpaired) electrons. The Morgan fingerprint density at radius 2 is 2.50 bits per heavy atom. The van der Waals surface area contributed by atoms with E-state index in [-0.39, 0.29) is 0 Å². The minimum absolute atomic E-state index is 0.430. The summed E-state index contributed by atoms with van der Waals surface area (Å²) in [6.07, 6.45) is 7.33. The molecule has 1 unspecified atom stereocenters. The van der Waals surface area contributed by atoms with Crippen LogP contribution in [-0.2, 0) is 0 Å². The molecule has 1 aromatic heterocycles. The number of aromatic nitrogens is 2. The second-order valence-electron chi connectivity index (χ2n) is 3.96. The van der Waals surface area contributed by atoms with Crippen molar-refractivity contribution in [2.75, 3.05) is 6.54 Å². The molecule has 2 rings (SSSR count). The molecule has 0 saturated heterocycles. The Labute approximate surface area is 89.3 Å². The fourth-order valence-corrected chi connectivity index (χ4v) is 2.21. The summed E-state index contributed by atoms with van der Waals surface area (Å²) < 4.78 is 8.36. The van der Waals surface area contributed by atoms with Crippen molar-refractivity contribution < 1.29 is 0 Å². The first-order chi connectivity index (χ1) is 6.90. The SMILES string of the molecule is CCNC(CCC1CC1)c1cnsn1. The third-order valence-corrected chi connectivity index (χ3v) is 3.24. The zero-order valence-electron chi connectivity index (χ0n) is 8.57. The van der Waals surface area contributed by atoms with Crippen LogP contribution in [-0.4, -0.2) is 15.3 Å². The van der Waals surface area contributed by atoms with Crippen LogP contribution in [0, 0.1) is 5.92 Å². The van der Waals surface area contributed by atoms with Gasteiger partial charge in [0.05, 0.1) is 29.7 Å². The molecule has 1 aromatic rings. The van der Waals surface area contributed by atoms with Crippen LogP contribution >= 0.6 is 11.7 Å². The van der Waals surface area contributed by atoms with Crippen molar-refractivity contribution in [1.82, 2.24) is 14.1 Å². The average Bonchev–Trinajstić information content (AvgIpc) is 2.86. The molecule has 4 heteroatoms. The molecule has 14 heavy (non-hydrogen) atoms. The van der Waals surface area contributed by atoms with Crippen LogP contribution < -0.4 is 5.32 Å². The molecule has 1 fully saturated rings. The van der Waals surface area contributed by atoms with Crippen LogP contribution in [0.1, 0.15) is 44.3 Å². The highest BCUT2D eigenvalue weighted by molar-refractivity contribution is 6.99. The van der Waals surface area contributed by atoms with Crippen LogP contribution in [0.15, 0.2) is 6.20 Å². The lowest BCUT2D eigenvalue weighted by Gasteiger charge is -2.14. The van der Waals surface area contributed by atoms with Gasteiger partial charge in [-0.25, -0.2) is 0 Å². The highest BCUT2D eigenvalue weighted by atomic mass is 32.1. The highest BCUT2D eigenvalue weighted by Crippen LogP contribution is 2.35. The molecular weight excluding hydrogens is 194 g/mol. The zero-order valence-corrected chi connectivity index (χ0v) is 9.39. The molecule has 3 nitrogen and oxygen atoms in total. The van der Waals surface area contributed by atoms with E-state index in [1.807, 2.05) is 6.20 Å². The van der Waals surface area contributed by atoms with Crippen LogP contribution in [0.2, 0.25) is 0 Å². The van der Waals surface area contributed by atoms with Gasteiger partial charge in [-0.3, -0.25) is 0 Å². The van der Waals surface area contributed by atoms with E-state index in [0.29, 0.717) is 6.04 Å². The third kappa shape index (κ3) is 2.75. The minimum atomic E-state index is 0.430. The van der Waals surface area contributed by atoms with Gasteiger partial charge in [0.25, 0.3) is 0 Å². The van der Waals surface area contributed by atoms with Gasteiger partial charge in [0, 0.05) is 0 Å². The number of hydrogen-bond acceptors (Lipinski definition) is 4. The molecular formula is C10H17N3S. The number of nitrogens with one attached hydrogen (secondary N) is 1. The van der Waals surface area contributed by atoms with E-state index in [9.17, 15) is 0 Å². The number of nitrogens with zero attached hydrogens (tertiary/aromatic N) is 2. The van der Waals surface area contributed by atoms with Gasteiger partial charge in [-0.1, -0.05) is 19.8 Å². The Kier molecular flexibility index (Phi) is 3.48. The molecule has 1 aliphatic carbocycles. The topological polar surface area (TPSA) is 37.8 Å². The number of hydrogen-bond donors (Lipinski definition) is 1. The van der Waals surface area contributed by atoms with Gasteiger partial charge in [0.1, 0.15) is 0 Å². The zero-order chi connectivity index (χ0) is 9.80. The third-order valence-electron chi connectivity index (χ3n) is 2.75. The fraction of sp³-hybridized carbons (Fsp3) is 0.800.